The van der Waals surface area contributed by atoms with Gasteiger partial charge in [0.05, 0.1) is 17.8 Å². The second kappa shape index (κ2) is 6.07. The van der Waals surface area contributed by atoms with Gasteiger partial charge in [-0.2, -0.15) is 5.10 Å². The third kappa shape index (κ3) is 3.09. The number of anilines is 1. The number of hydrogen-bond acceptors (Lipinski definition) is 3. The monoisotopic (exact) mass is 327 g/mol. The second-order valence-electron chi connectivity index (χ2n) is 7.22. The van der Waals surface area contributed by atoms with E-state index in [9.17, 15) is 4.79 Å². The van der Waals surface area contributed by atoms with Gasteiger partial charge in [-0.05, 0) is 58.3 Å². The van der Waals surface area contributed by atoms with Gasteiger partial charge >= 0.3 is 0 Å². The number of hydrogen-bond donors (Lipinski definition) is 2. The van der Waals surface area contributed by atoms with Crippen LogP contribution in [0.1, 0.15) is 54.0 Å². The molecule has 2 aromatic rings. The van der Waals surface area contributed by atoms with E-state index in [4.69, 9.17) is 0 Å². The minimum Gasteiger partial charge on any atom is -0.328 e. The van der Waals surface area contributed by atoms with E-state index in [2.05, 4.69) is 32.0 Å². The van der Waals surface area contributed by atoms with Crippen LogP contribution in [0.4, 0.5) is 5.95 Å². The van der Waals surface area contributed by atoms with Crippen LogP contribution >= 0.6 is 0 Å². The number of carbonyl (C=O) groups excluding carboxylic acids is 1. The number of aromatic nitrogens is 4. The number of imidazole rings is 1. The molecular formula is C18H25N5O. The van der Waals surface area contributed by atoms with Crippen molar-refractivity contribution in [3.8, 4) is 0 Å². The fourth-order valence-corrected chi connectivity index (χ4v) is 3.56. The lowest BCUT2D eigenvalue weighted by Crippen LogP contribution is -2.16. The van der Waals surface area contributed by atoms with Crippen molar-refractivity contribution in [2.75, 3.05) is 5.32 Å². The Morgan fingerprint density at radius 2 is 2.08 bits per heavy atom. The number of aromatic amines is 1. The first-order chi connectivity index (χ1) is 11.6. The first-order valence-corrected chi connectivity index (χ1v) is 9.00. The van der Waals surface area contributed by atoms with Crippen molar-refractivity contribution in [3.63, 3.8) is 0 Å². The molecule has 0 saturated heterocycles. The molecule has 1 saturated carbocycles. The molecule has 2 N–H and O–H groups in total. The van der Waals surface area contributed by atoms with Crippen molar-refractivity contribution in [1.82, 2.24) is 19.7 Å². The SMILES string of the molecule is Cc1nn(CC2CC2)c(C)c1CC(=O)Nc1nc2c([nH]1)CCCC2. The lowest BCUT2D eigenvalue weighted by Gasteiger charge is -2.07. The fraction of sp³-hybridized carbons (Fsp3) is 0.611. The normalized spacial score (nSPS) is 16.9. The number of carbonyl (C=O) groups is 1. The number of fused-ring (bicyclic) bond motifs is 1. The third-order valence-electron chi connectivity index (χ3n) is 5.21. The van der Waals surface area contributed by atoms with Crippen molar-refractivity contribution in [2.24, 2.45) is 5.92 Å². The summed E-state index contributed by atoms with van der Waals surface area (Å²) < 4.78 is 2.07. The molecule has 0 atom stereocenters. The molecule has 2 heterocycles. The maximum Gasteiger partial charge on any atom is 0.231 e. The number of nitrogens with zero attached hydrogens (tertiary/aromatic N) is 3. The number of H-pyrrole nitrogens is 1. The van der Waals surface area contributed by atoms with Crippen molar-refractivity contribution in [2.45, 2.75) is 65.3 Å². The van der Waals surface area contributed by atoms with Crippen molar-refractivity contribution < 1.29 is 4.79 Å². The Labute approximate surface area is 142 Å². The smallest absolute Gasteiger partial charge is 0.231 e. The van der Waals surface area contributed by atoms with E-state index in [1.54, 1.807) is 0 Å². The quantitative estimate of drug-likeness (QED) is 0.886. The van der Waals surface area contributed by atoms with Gasteiger partial charge in [0.1, 0.15) is 0 Å². The average Bonchev–Trinajstić information content (AvgIpc) is 3.22. The largest absolute Gasteiger partial charge is 0.328 e. The number of rotatable bonds is 5. The van der Waals surface area contributed by atoms with E-state index in [0.717, 1.165) is 47.9 Å². The molecule has 2 aliphatic rings. The molecule has 1 amide bonds. The molecule has 2 aliphatic carbocycles. The summed E-state index contributed by atoms with van der Waals surface area (Å²) in [5, 5.41) is 7.54. The predicted octanol–water partition coefficient (Wildman–Crippen LogP) is 2.69. The molecule has 0 bridgehead atoms. The van der Waals surface area contributed by atoms with Crippen molar-refractivity contribution in [3.05, 3.63) is 28.3 Å². The maximum absolute atomic E-state index is 12.4. The van der Waals surface area contributed by atoms with Gasteiger partial charge in [0.25, 0.3) is 0 Å². The summed E-state index contributed by atoms with van der Waals surface area (Å²) in [4.78, 5) is 20.2. The van der Waals surface area contributed by atoms with Crippen LogP contribution in [0.3, 0.4) is 0 Å². The van der Waals surface area contributed by atoms with Crippen LogP contribution in [-0.4, -0.2) is 25.7 Å². The molecule has 0 aliphatic heterocycles. The molecule has 0 unspecified atom stereocenters. The van der Waals surface area contributed by atoms with Gasteiger partial charge in [-0.3, -0.25) is 14.8 Å². The van der Waals surface area contributed by atoms with E-state index >= 15 is 0 Å². The van der Waals surface area contributed by atoms with Crippen LogP contribution in [-0.2, 0) is 30.6 Å². The van der Waals surface area contributed by atoms with Crippen molar-refractivity contribution in [1.29, 1.82) is 0 Å². The van der Waals surface area contributed by atoms with E-state index in [1.165, 1.54) is 31.4 Å². The summed E-state index contributed by atoms with van der Waals surface area (Å²) in [7, 11) is 0. The lowest BCUT2D eigenvalue weighted by molar-refractivity contribution is -0.115. The number of nitrogens with one attached hydrogen (secondary N) is 2. The summed E-state index contributed by atoms with van der Waals surface area (Å²) in [6.07, 6.45) is 7.38. The van der Waals surface area contributed by atoms with Crippen molar-refractivity contribution >= 4 is 11.9 Å². The Morgan fingerprint density at radius 1 is 1.29 bits per heavy atom. The first kappa shape index (κ1) is 15.4. The van der Waals surface area contributed by atoms with E-state index in [0.29, 0.717) is 12.4 Å². The molecule has 24 heavy (non-hydrogen) atoms. The van der Waals surface area contributed by atoms with Gasteiger partial charge in [-0.15, -0.1) is 0 Å². The highest BCUT2D eigenvalue weighted by Gasteiger charge is 2.24. The Morgan fingerprint density at radius 3 is 2.83 bits per heavy atom. The number of amides is 1. The van der Waals surface area contributed by atoms with Gasteiger partial charge < -0.3 is 4.98 Å². The zero-order valence-corrected chi connectivity index (χ0v) is 14.5. The minimum atomic E-state index is -0.0294. The van der Waals surface area contributed by atoms with Gasteiger partial charge in [0.2, 0.25) is 11.9 Å². The summed E-state index contributed by atoms with van der Waals surface area (Å²) in [6, 6.07) is 0. The van der Waals surface area contributed by atoms with Gasteiger partial charge in [-0.1, -0.05) is 0 Å². The van der Waals surface area contributed by atoms with E-state index in [1.807, 2.05) is 6.92 Å². The standard InChI is InChI=1S/C18H25N5O/c1-11-14(12(2)23(22-11)10-13-7-8-13)9-17(24)21-18-19-15-5-3-4-6-16(15)20-18/h13H,3-10H2,1-2H3,(H2,19,20,21,24). The van der Waals surface area contributed by atoms with Gasteiger partial charge in [-0.25, -0.2) is 4.98 Å². The summed E-state index contributed by atoms with van der Waals surface area (Å²) in [6.45, 7) is 5.04. The maximum atomic E-state index is 12.4. The average molecular weight is 327 g/mol. The topological polar surface area (TPSA) is 75.6 Å². The molecule has 2 aromatic heterocycles. The molecule has 128 valence electrons. The van der Waals surface area contributed by atoms with E-state index in [-0.39, 0.29) is 5.91 Å². The molecule has 0 spiro atoms. The highest BCUT2D eigenvalue weighted by Crippen LogP contribution is 2.31. The highest BCUT2D eigenvalue weighted by atomic mass is 16.1. The second-order valence-corrected chi connectivity index (χ2v) is 7.22. The zero-order valence-electron chi connectivity index (χ0n) is 14.5. The molecule has 6 heteroatoms. The van der Waals surface area contributed by atoms with E-state index < -0.39 is 0 Å². The highest BCUT2D eigenvalue weighted by molar-refractivity contribution is 5.91. The Hall–Kier alpha value is -2.11. The summed E-state index contributed by atoms with van der Waals surface area (Å²) in [5.74, 6) is 1.34. The van der Waals surface area contributed by atoms with Crippen LogP contribution in [0.15, 0.2) is 0 Å². The first-order valence-electron chi connectivity index (χ1n) is 9.00. The fourth-order valence-electron chi connectivity index (χ4n) is 3.56. The number of aryl methyl sites for hydroxylation is 3. The molecule has 6 nitrogen and oxygen atoms in total. The predicted molar refractivity (Wildman–Crippen MR) is 92.0 cm³/mol. The van der Waals surface area contributed by atoms with Crippen LogP contribution in [0, 0.1) is 19.8 Å². The van der Waals surface area contributed by atoms with Crippen LogP contribution < -0.4 is 5.32 Å². The van der Waals surface area contributed by atoms with Gasteiger partial charge in [0, 0.05) is 23.5 Å². The Balaban J connectivity index is 1.44. The van der Waals surface area contributed by atoms with Crippen LogP contribution in [0.2, 0.25) is 0 Å². The third-order valence-corrected chi connectivity index (χ3v) is 5.21. The van der Waals surface area contributed by atoms with Crippen LogP contribution in [0.25, 0.3) is 0 Å². The van der Waals surface area contributed by atoms with Crippen LogP contribution in [0.5, 0.6) is 0 Å². The lowest BCUT2D eigenvalue weighted by atomic mass is 10.0. The molecule has 4 rings (SSSR count). The van der Waals surface area contributed by atoms with Gasteiger partial charge in [0.15, 0.2) is 0 Å². The molecule has 0 radical (unpaired) electrons. The summed E-state index contributed by atoms with van der Waals surface area (Å²) in [5.41, 5.74) is 5.42. The molecular weight excluding hydrogens is 302 g/mol. The molecule has 0 aromatic carbocycles. The Kier molecular flexibility index (Phi) is 3.90. The molecule has 1 fully saturated rings. The Bertz CT molecular complexity index is 745. The zero-order chi connectivity index (χ0) is 16.7. The minimum absolute atomic E-state index is 0.0294. The summed E-state index contributed by atoms with van der Waals surface area (Å²) >= 11 is 0.